The van der Waals surface area contributed by atoms with Crippen molar-refractivity contribution in [2.45, 2.75) is 44.9 Å². The maximum Gasteiger partial charge on any atom is 0.236 e. The number of rotatable bonds is 2. The van der Waals surface area contributed by atoms with Gasteiger partial charge in [-0.25, -0.2) is 0 Å². The second-order valence-corrected chi connectivity index (χ2v) is 6.48. The number of amides is 2. The molecule has 106 valence electrons. The number of hydrogen-bond acceptors (Lipinski definition) is 3. The summed E-state index contributed by atoms with van der Waals surface area (Å²) in [5, 5.41) is 3.37. The zero-order valence-corrected chi connectivity index (χ0v) is 11.8. The van der Waals surface area contributed by atoms with E-state index in [1.165, 1.54) is 17.7 Å². The van der Waals surface area contributed by atoms with Gasteiger partial charge in [0.15, 0.2) is 0 Å². The van der Waals surface area contributed by atoms with Crippen LogP contribution in [0.5, 0.6) is 0 Å². The minimum Gasteiger partial charge on any atom is -0.317 e. The molecule has 0 aromatic carbocycles. The predicted molar refractivity (Wildman–Crippen MR) is 72.4 cm³/mol. The number of piperidine rings is 1. The maximum atomic E-state index is 12.8. The Morgan fingerprint density at radius 2 is 1.63 bits per heavy atom. The van der Waals surface area contributed by atoms with Crippen molar-refractivity contribution in [2.24, 2.45) is 17.3 Å². The summed E-state index contributed by atoms with van der Waals surface area (Å²) >= 11 is 0. The quantitative estimate of drug-likeness (QED) is 0.770. The number of nitrogens with zero attached hydrogens (tertiary/aromatic N) is 1. The monoisotopic (exact) mass is 264 g/mol. The van der Waals surface area contributed by atoms with Crippen LogP contribution in [-0.2, 0) is 9.59 Å². The van der Waals surface area contributed by atoms with Gasteiger partial charge >= 0.3 is 0 Å². The lowest BCUT2D eigenvalue weighted by molar-refractivity contribution is -0.144. The van der Waals surface area contributed by atoms with E-state index in [4.69, 9.17) is 0 Å². The smallest absolute Gasteiger partial charge is 0.236 e. The van der Waals surface area contributed by atoms with Gasteiger partial charge in [-0.2, -0.15) is 0 Å². The summed E-state index contributed by atoms with van der Waals surface area (Å²) in [5.74, 6) is 1.00. The van der Waals surface area contributed by atoms with Crippen molar-refractivity contribution in [1.82, 2.24) is 10.2 Å². The Morgan fingerprint density at radius 3 is 2.16 bits per heavy atom. The highest BCUT2D eigenvalue weighted by Crippen LogP contribution is 2.53. The van der Waals surface area contributed by atoms with Crippen LogP contribution >= 0.6 is 0 Å². The van der Waals surface area contributed by atoms with Gasteiger partial charge in [0, 0.05) is 13.5 Å². The minimum atomic E-state index is -0.357. The summed E-state index contributed by atoms with van der Waals surface area (Å²) in [7, 11) is 1.67. The van der Waals surface area contributed by atoms with Crippen LogP contribution in [-0.4, -0.2) is 36.9 Å². The standard InChI is InChI=1S/C15H24N2O2/c1-17-13(18)10-15(14(17)19,11-4-2-3-5-11)12-6-8-16-9-7-12/h11-12,16H,2-10H2,1H3. The van der Waals surface area contributed by atoms with Gasteiger partial charge in [0.1, 0.15) is 0 Å². The molecule has 3 rings (SSSR count). The van der Waals surface area contributed by atoms with E-state index in [2.05, 4.69) is 5.32 Å². The van der Waals surface area contributed by atoms with Gasteiger partial charge in [0.05, 0.1) is 5.41 Å². The molecule has 2 saturated heterocycles. The van der Waals surface area contributed by atoms with Gasteiger partial charge < -0.3 is 5.32 Å². The van der Waals surface area contributed by atoms with E-state index in [0.29, 0.717) is 18.3 Å². The number of carbonyl (C=O) groups is 2. The van der Waals surface area contributed by atoms with Crippen molar-refractivity contribution >= 4 is 11.8 Å². The normalized spacial score (nSPS) is 34.5. The van der Waals surface area contributed by atoms with Gasteiger partial charge in [-0.15, -0.1) is 0 Å². The van der Waals surface area contributed by atoms with Crippen molar-refractivity contribution < 1.29 is 9.59 Å². The molecule has 2 heterocycles. The highest BCUT2D eigenvalue weighted by molar-refractivity contribution is 6.06. The fourth-order valence-corrected chi connectivity index (χ4v) is 4.62. The topological polar surface area (TPSA) is 49.4 Å². The average molecular weight is 264 g/mol. The molecule has 1 saturated carbocycles. The van der Waals surface area contributed by atoms with Crippen LogP contribution in [0.1, 0.15) is 44.9 Å². The van der Waals surface area contributed by atoms with Crippen molar-refractivity contribution in [3.63, 3.8) is 0 Å². The SMILES string of the molecule is CN1C(=O)CC(C2CCCC2)(C2CCNCC2)C1=O. The Kier molecular flexibility index (Phi) is 3.37. The summed E-state index contributed by atoms with van der Waals surface area (Å²) in [5.41, 5.74) is -0.357. The van der Waals surface area contributed by atoms with Crippen LogP contribution in [0.4, 0.5) is 0 Å². The Morgan fingerprint density at radius 1 is 1.05 bits per heavy atom. The summed E-state index contributed by atoms with van der Waals surface area (Å²) in [6, 6.07) is 0. The van der Waals surface area contributed by atoms with Crippen molar-refractivity contribution in [3.05, 3.63) is 0 Å². The Balaban J connectivity index is 1.95. The zero-order valence-electron chi connectivity index (χ0n) is 11.8. The molecular weight excluding hydrogens is 240 g/mol. The van der Waals surface area contributed by atoms with Crippen LogP contribution in [0.2, 0.25) is 0 Å². The van der Waals surface area contributed by atoms with Crippen molar-refractivity contribution in [1.29, 1.82) is 0 Å². The van der Waals surface area contributed by atoms with E-state index in [-0.39, 0.29) is 17.2 Å². The molecule has 0 aromatic rings. The van der Waals surface area contributed by atoms with Crippen LogP contribution < -0.4 is 5.32 Å². The highest BCUT2D eigenvalue weighted by atomic mass is 16.2. The zero-order chi connectivity index (χ0) is 13.5. The Hall–Kier alpha value is -0.900. The van der Waals surface area contributed by atoms with E-state index in [0.717, 1.165) is 38.8 Å². The lowest BCUT2D eigenvalue weighted by Crippen LogP contribution is -2.47. The molecule has 2 amide bonds. The Bertz CT molecular complexity index is 384. The lowest BCUT2D eigenvalue weighted by Gasteiger charge is -2.42. The van der Waals surface area contributed by atoms with Gasteiger partial charge in [-0.1, -0.05) is 12.8 Å². The summed E-state index contributed by atoms with van der Waals surface area (Å²) in [6.45, 7) is 1.98. The first-order valence-corrected chi connectivity index (χ1v) is 7.68. The first-order valence-electron chi connectivity index (χ1n) is 7.68. The van der Waals surface area contributed by atoms with Crippen LogP contribution in [0.15, 0.2) is 0 Å². The molecule has 4 heteroatoms. The molecule has 1 aliphatic carbocycles. The molecule has 1 unspecified atom stereocenters. The van der Waals surface area contributed by atoms with E-state index >= 15 is 0 Å². The van der Waals surface area contributed by atoms with Crippen molar-refractivity contribution in [3.8, 4) is 0 Å². The molecule has 2 aliphatic heterocycles. The molecule has 3 aliphatic rings. The molecule has 1 atom stereocenters. The number of hydrogen-bond donors (Lipinski definition) is 1. The molecule has 3 fully saturated rings. The lowest BCUT2D eigenvalue weighted by atomic mass is 9.62. The van der Waals surface area contributed by atoms with Gasteiger partial charge in [0.2, 0.25) is 11.8 Å². The van der Waals surface area contributed by atoms with Crippen molar-refractivity contribution in [2.75, 3.05) is 20.1 Å². The number of likely N-dealkylation sites (tertiary alicyclic amines) is 1. The molecular formula is C15H24N2O2. The average Bonchev–Trinajstić information content (AvgIpc) is 3.04. The van der Waals surface area contributed by atoms with Gasteiger partial charge in [0.25, 0.3) is 0 Å². The third kappa shape index (κ3) is 1.92. The van der Waals surface area contributed by atoms with Crippen LogP contribution in [0.25, 0.3) is 0 Å². The predicted octanol–water partition coefficient (Wildman–Crippen LogP) is 1.55. The largest absolute Gasteiger partial charge is 0.317 e. The third-order valence-corrected chi connectivity index (χ3v) is 5.67. The molecule has 0 radical (unpaired) electrons. The van der Waals surface area contributed by atoms with E-state index in [9.17, 15) is 9.59 Å². The number of imide groups is 1. The first kappa shape index (κ1) is 13.1. The molecule has 0 aromatic heterocycles. The third-order valence-electron chi connectivity index (χ3n) is 5.67. The molecule has 19 heavy (non-hydrogen) atoms. The fraction of sp³-hybridized carbons (Fsp3) is 0.867. The van der Waals surface area contributed by atoms with E-state index in [1.807, 2.05) is 0 Å². The fourth-order valence-electron chi connectivity index (χ4n) is 4.62. The van der Waals surface area contributed by atoms with E-state index in [1.54, 1.807) is 7.05 Å². The highest BCUT2D eigenvalue weighted by Gasteiger charge is 2.58. The van der Waals surface area contributed by atoms with Gasteiger partial charge in [-0.3, -0.25) is 14.5 Å². The van der Waals surface area contributed by atoms with E-state index < -0.39 is 0 Å². The summed E-state index contributed by atoms with van der Waals surface area (Å²) in [6.07, 6.45) is 7.28. The minimum absolute atomic E-state index is 0.0374. The number of nitrogens with one attached hydrogen (secondary N) is 1. The Labute approximate surface area is 114 Å². The molecule has 1 N–H and O–H groups in total. The first-order chi connectivity index (χ1) is 9.16. The number of carbonyl (C=O) groups excluding carboxylic acids is 2. The summed E-state index contributed by atoms with van der Waals surface area (Å²) in [4.78, 5) is 26.3. The second kappa shape index (κ2) is 4.89. The van der Waals surface area contributed by atoms with Crippen LogP contribution in [0.3, 0.4) is 0 Å². The second-order valence-electron chi connectivity index (χ2n) is 6.48. The maximum absolute atomic E-state index is 12.8. The van der Waals surface area contributed by atoms with Gasteiger partial charge in [-0.05, 0) is 50.6 Å². The summed E-state index contributed by atoms with van der Waals surface area (Å²) < 4.78 is 0. The van der Waals surface area contributed by atoms with Crippen LogP contribution in [0, 0.1) is 17.3 Å². The molecule has 0 spiro atoms. The molecule has 4 nitrogen and oxygen atoms in total. The molecule has 0 bridgehead atoms.